The summed E-state index contributed by atoms with van der Waals surface area (Å²) in [5, 5.41) is 8.55. The van der Waals surface area contributed by atoms with Crippen LogP contribution in [0.25, 0.3) is 5.69 Å². The van der Waals surface area contributed by atoms with Gasteiger partial charge < -0.3 is 10.2 Å². The number of benzene rings is 1. The predicted molar refractivity (Wildman–Crippen MR) is 101 cm³/mol. The summed E-state index contributed by atoms with van der Waals surface area (Å²) in [7, 11) is 0. The van der Waals surface area contributed by atoms with Gasteiger partial charge >= 0.3 is 0 Å². The number of hydrogen-bond acceptors (Lipinski definition) is 4. The minimum Gasteiger partial charge on any atom is -0.336 e. The van der Waals surface area contributed by atoms with Gasteiger partial charge in [-0.05, 0) is 43.4 Å². The molecule has 6 nitrogen and oxygen atoms in total. The Morgan fingerprint density at radius 2 is 2.04 bits per heavy atom. The van der Waals surface area contributed by atoms with E-state index >= 15 is 0 Å². The van der Waals surface area contributed by atoms with Crippen LogP contribution >= 0.6 is 11.6 Å². The molecular weight excluding hydrogens is 350 g/mol. The highest BCUT2D eigenvalue weighted by molar-refractivity contribution is 6.32. The van der Waals surface area contributed by atoms with Gasteiger partial charge in [-0.2, -0.15) is 0 Å². The van der Waals surface area contributed by atoms with Crippen LogP contribution in [0.2, 0.25) is 5.02 Å². The number of hydrogen-bond donors (Lipinski definition) is 1. The van der Waals surface area contributed by atoms with Crippen molar-refractivity contribution < 1.29 is 4.79 Å². The van der Waals surface area contributed by atoms with Crippen LogP contribution in [0.15, 0.2) is 24.3 Å². The summed E-state index contributed by atoms with van der Waals surface area (Å²) < 4.78 is 1.70. The van der Waals surface area contributed by atoms with Crippen LogP contribution in [-0.4, -0.2) is 51.8 Å². The number of carbonyl (C=O) groups is 1. The molecule has 0 unspecified atom stereocenters. The van der Waals surface area contributed by atoms with Gasteiger partial charge in [0.2, 0.25) is 5.82 Å². The molecule has 1 aromatic carbocycles. The number of halogens is 1. The predicted octanol–water partition coefficient (Wildman–Crippen LogP) is 2.70. The molecule has 3 heterocycles. The summed E-state index contributed by atoms with van der Waals surface area (Å²) in [5.74, 6) is 0.934. The smallest absolute Gasteiger partial charge is 0.293 e. The zero-order chi connectivity index (χ0) is 18.1. The average Bonchev–Trinajstić information content (AvgIpc) is 3.29. The molecule has 1 amide bonds. The first kappa shape index (κ1) is 17.5. The van der Waals surface area contributed by atoms with Crippen LogP contribution in [0.5, 0.6) is 0 Å². The Labute approximate surface area is 158 Å². The molecular formula is C19H24ClN5O. The van der Waals surface area contributed by atoms with Gasteiger partial charge in [0.05, 0.1) is 10.7 Å². The number of piperidine rings is 1. The fourth-order valence-corrected chi connectivity index (χ4v) is 4.24. The topological polar surface area (TPSA) is 63.1 Å². The minimum absolute atomic E-state index is 0.0775. The first-order valence-electron chi connectivity index (χ1n) is 9.33. The molecule has 2 aromatic rings. The Balaban J connectivity index is 1.55. The van der Waals surface area contributed by atoms with E-state index in [0.717, 1.165) is 50.5 Å². The summed E-state index contributed by atoms with van der Waals surface area (Å²) in [6, 6.07) is 7.49. The van der Waals surface area contributed by atoms with Crippen molar-refractivity contribution in [3.05, 3.63) is 40.9 Å². The number of aromatic nitrogens is 3. The SMILES string of the molecule is CCc1nc(C(=O)N2CCC3(CCNC3)CC2)nn1-c1ccccc1Cl. The van der Waals surface area contributed by atoms with E-state index in [2.05, 4.69) is 15.4 Å². The largest absolute Gasteiger partial charge is 0.336 e. The van der Waals surface area contributed by atoms with Crippen molar-refractivity contribution in [3.8, 4) is 5.69 Å². The second-order valence-electron chi connectivity index (χ2n) is 7.29. The normalized spacial score (nSPS) is 19.2. The second-order valence-corrected chi connectivity index (χ2v) is 7.69. The Kier molecular flexibility index (Phi) is 4.71. The van der Waals surface area contributed by atoms with Gasteiger partial charge in [0.25, 0.3) is 5.91 Å². The van der Waals surface area contributed by atoms with Gasteiger partial charge in [0, 0.05) is 26.1 Å². The highest BCUT2D eigenvalue weighted by atomic mass is 35.5. The summed E-state index contributed by atoms with van der Waals surface area (Å²) in [4.78, 5) is 19.3. The van der Waals surface area contributed by atoms with E-state index in [-0.39, 0.29) is 11.7 Å². The van der Waals surface area contributed by atoms with Gasteiger partial charge in [-0.15, -0.1) is 5.10 Å². The molecule has 0 atom stereocenters. The lowest BCUT2D eigenvalue weighted by atomic mass is 9.78. The standard InChI is InChI=1S/C19H24ClN5O/c1-2-16-22-17(23-25(16)15-6-4-3-5-14(15)20)18(26)24-11-8-19(9-12-24)7-10-21-13-19/h3-6,21H,2,7-13H2,1H3. The zero-order valence-corrected chi connectivity index (χ0v) is 15.8. The number of rotatable bonds is 3. The van der Waals surface area contributed by atoms with Crippen molar-refractivity contribution in [2.45, 2.75) is 32.6 Å². The van der Waals surface area contributed by atoms with Crippen molar-refractivity contribution in [2.24, 2.45) is 5.41 Å². The Hall–Kier alpha value is -1.92. The molecule has 0 aliphatic carbocycles. The van der Waals surface area contributed by atoms with Gasteiger partial charge in [0.15, 0.2) is 0 Å². The van der Waals surface area contributed by atoms with Crippen LogP contribution in [0.3, 0.4) is 0 Å². The van der Waals surface area contributed by atoms with E-state index in [9.17, 15) is 4.79 Å². The molecule has 0 radical (unpaired) electrons. The van der Waals surface area contributed by atoms with Crippen LogP contribution in [-0.2, 0) is 6.42 Å². The number of nitrogens with zero attached hydrogens (tertiary/aromatic N) is 4. The molecule has 2 aliphatic rings. The average molecular weight is 374 g/mol. The number of nitrogens with one attached hydrogen (secondary N) is 1. The Morgan fingerprint density at radius 3 is 2.69 bits per heavy atom. The van der Waals surface area contributed by atoms with Crippen molar-refractivity contribution >= 4 is 17.5 Å². The molecule has 0 bridgehead atoms. The van der Waals surface area contributed by atoms with Crippen LogP contribution in [0, 0.1) is 5.41 Å². The quantitative estimate of drug-likeness (QED) is 0.898. The third kappa shape index (κ3) is 3.12. The summed E-state index contributed by atoms with van der Waals surface area (Å²) in [6.45, 7) is 5.74. The fourth-order valence-electron chi connectivity index (χ4n) is 4.03. The number of likely N-dealkylation sites (tertiary alicyclic amines) is 1. The molecule has 1 aromatic heterocycles. The van der Waals surface area contributed by atoms with Crippen LogP contribution in [0.1, 0.15) is 42.6 Å². The maximum absolute atomic E-state index is 12.9. The zero-order valence-electron chi connectivity index (χ0n) is 15.0. The van der Waals surface area contributed by atoms with Crippen molar-refractivity contribution in [1.29, 1.82) is 0 Å². The number of aryl methyl sites for hydroxylation is 1. The monoisotopic (exact) mass is 373 g/mol. The van der Waals surface area contributed by atoms with Crippen LogP contribution < -0.4 is 5.32 Å². The maximum atomic E-state index is 12.9. The summed E-state index contributed by atoms with van der Waals surface area (Å²) in [6.07, 6.45) is 4.00. The molecule has 2 fully saturated rings. The van der Waals surface area contributed by atoms with Gasteiger partial charge in [0.1, 0.15) is 5.82 Å². The molecule has 0 saturated carbocycles. The maximum Gasteiger partial charge on any atom is 0.293 e. The van der Waals surface area contributed by atoms with Crippen LogP contribution in [0.4, 0.5) is 0 Å². The lowest BCUT2D eigenvalue weighted by molar-refractivity contribution is 0.0596. The van der Waals surface area contributed by atoms with Crippen molar-refractivity contribution in [3.63, 3.8) is 0 Å². The minimum atomic E-state index is -0.0775. The van der Waals surface area contributed by atoms with E-state index in [1.807, 2.05) is 36.1 Å². The highest BCUT2D eigenvalue weighted by Gasteiger charge is 2.38. The lowest BCUT2D eigenvalue weighted by Crippen LogP contribution is -2.44. The first-order valence-corrected chi connectivity index (χ1v) is 9.70. The lowest BCUT2D eigenvalue weighted by Gasteiger charge is -2.38. The highest BCUT2D eigenvalue weighted by Crippen LogP contribution is 2.37. The third-order valence-electron chi connectivity index (χ3n) is 5.71. The van der Waals surface area contributed by atoms with E-state index in [4.69, 9.17) is 11.6 Å². The molecule has 1 spiro atoms. The Bertz CT molecular complexity index is 802. The molecule has 26 heavy (non-hydrogen) atoms. The molecule has 138 valence electrons. The number of amides is 1. The van der Waals surface area contributed by atoms with Crippen molar-refractivity contribution in [2.75, 3.05) is 26.2 Å². The number of carbonyl (C=O) groups excluding carboxylic acids is 1. The first-order chi connectivity index (χ1) is 12.6. The van der Waals surface area contributed by atoms with Gasteiger partial charge in [-0.25, -0.2) is 9.67 Å². The Morgan fingerprint density at radius 1 is 1.27 bits per heavy atom. The molecule has 1 N–H and O–H groups in total. The summed E-state index contributed by atoms with van der Waals surface area (Å²) >= 11 is 6.30. The van der Waals surface area contributed by atoms with Crippen molar-refractivity contribution in [1.82, 2.24) is 25.0 Å². The van der Waals surface area contributed by atoms with E-state index in [1.54, 1.807) is 4.68 Å². The van der Waals surface area contributed by atoms with Gasteiger partial charge in [-0.1, -0.05) is 30.7 Å². The molecule has 2 aliphatic heterocycles. The molecule has 4 rings (SSSR count). The molecule has 7 heteroatoms. The second kappa shape index (κ2) is 7.00. The van der Waals surface area contributed by atoms with E-state index in [0.29, 0.717) is 16.9 Å². The summed E-state index contributed by atoms with van der Waals surface area (Å²) in [5.41, 5.74) is 1.14. The number of para-hydroxylation sites is 1. The van der Waals surface area contributed by atoms with E-state index < -0.39 is 0 Å². The molecule has 2 saturated heterocycles. The third-order valence-corrected chi connectivity index (χ3v) is 6.03. The fraction of sp³-hybridized carbons (Fsp3) is 0.526. The van der Waals surface area contributed by atoms with E-state index in [1.165, 1.54) is 6.42 Å². The van der Waals surface area contributed by atoms with Gasteiger partial charge in [-0.3, -0.25) is 4.79 Å².